The molecule has 0 bridgehead atoms. The minimum Gasteiger partial charge on any atom is -0.357 e. The Kier molecular flexibility index (Phi) is 7.25. The largest absolute Gasteiger partial charge is 0.357 e. The molecule has 2 N–H and O–H groups in total. The molecule has 0 amide bonds. The molecular weight excluding hydrogens is 384 g/mol. The van der Waals surface area contributed by atoms with Crippen molar-refractivity contribution >= 4 is 17.6 Å². The summed E-state index contributed by atoms with van der Waals surface area (Å²) in [5.41, 5.74) is 4.22. The molecule has 0 saturated heterocycles. The van der Waals surface area contributed by atoms with Gasteiger partial charge < -0.3 is 10.6 Å². The van der Waals surface area contributed by atoms with Gasteiger partial charge in [-0.3, -0.25) is 0 Å². The Morgan fingerprint density at radius 3 is 2.62 bits per heavy atom. The molecule has 0 unspecified atom stereocenters. The Bertz CT molecular complexity index is 962. The summed E-state index contributed by atoms with van der Waals surface area (Å²) in [5, 5.41) is 11.9. The standard InChI is InChI=1S/C22H27ClN6/c1-4-24-22(25-12-11-19-7-5-6-8-20(19)23)27-15-18-9-10-21(26-14-18)29-17(3)13-16(2)28-29/h5-10,13-14H,4,11-12,15H2,1-3H3,(H2,24,25,27). The maximum atomic E-state index is 6.22. The van der Waals surface area contributed by atoms with Gasteiger partial charge in [-0.2, -0.15) is 5.10 Å². The number of guanidine groups is 1. The Hall–Kier alpha value is -2.86. The smallest absolute Gasteiger partial charge is 0.191 e. The third-order valence-corrected chi connectivity index (χ3v) is 4.81. The lowest BCUT2D eigenvalue weighted by atomic mass is 10.1. The highest BCUT2D eigenvalue weighted by molar-refractivity contribution is 6.31. The number of nitrogens with zero attached hydrogens (tertiary/aromatic N) is 4. The summed E-state index contributed by atoms with van der Waals surface area (Å²) < 4.78 is 1.85. The highest BCUT2D eigenvalue weighted by Gasteiger charge is 2.05. The van der Waals surface area contributed by atoms with E-state index in [9.17, 15) is 0 Å². The zero-order chi connectivity index (χ0) is 20.6. The number of nitrogens with one attached hydrogen (secondary N) is 2. The average Bonchev–Trinajstić information content (AvgIpc) is 3.06. The van der Waals surface area contributed by atoms with Crippen molar-refractivity contribution in [1.29, 1.82) is 0 Å². The van der Waals surface area contributed by atoms with E-state index >= 15 is 0 Å². The van der Waals surface area contributed by atoms with Crippen molar-refractivity contribution in [2.75, 3.05) is 13.1 Å². The second kappa shape index (κ2) is 10.1. The van der Waals surface area contributed by atoms with Crippen LogP contribution in [0.1, 0.15) is 29.4 Å². The summed E-state index contributed by atoms with van der Waals surface area (Å²) in [6, 6.07) is 14.0. The van der Waals surface area contributed by atoms with E-state index in [0.29, 0.717) is 6.54 Å². The highest BCUT2D eigenvalue weighted by Crippen LogP contribution is 2.15. The fourth-order valence-electron chi connectivity index (χ4n) is 3.03. The van der Waals surface area contributed by atoms with E-state index in [-0.39, 0.29) is 0 Å². The van der Waals surface area contributed by atoms with Crippen LogP contribution in [0.25, 0.3) is 5.82 Å². The predicted octanol–water partition coefficient (Wildman–Crippen LogP) is 3.84. The number of aromatic nitrogens is 3. The first kappa shape index (κ1) is 20.9. The number of rotatable bonds is 7. The Labute approximate surface area is 177 Å². The van der Waals surface area contributed by atoms with Gasteiger partial charge in [-0.25, -0.2) is 14.7 Å². The van der Waals surface area contributed by atoms with Crippen LogP contribution in [0, 0.1) is 13.8 Å². The molecule has 3 rings (SSSR count). The van der Waals surface area contributed by atoms with Crippen LogP contribution < -0.4 is 10.6 Å². The van der Waals surface area contributed by atoms with Crippen molar-refractivity contribution in [3.05, 3.63) is 76.2 Å². The van der Waals surface area contributed by atoms with Gasteiger partial charge in [0.25, 0.3) is 0 Å². The van der Waals surface area contributed by atoms with Crippen molar-refractivity contribution in [1.82, 2.24) is 25.4 Å². The molecule has 0 spiro atoms. The van der Waals surface area contributed by atoms with Crippen molar-refractivity contribution in [3.8, 4) is 5.82 Å². The molecule has 0 aliphatic carbocycles. The van der Waals surface area contributed by atoms with E-state index in [1.165, 1.54) is 0 Å². The maximum absolute atomic E-state index is 6.22. The molecule has 2 heterocycles. The lowest BCUT2D eigenvalue weighted by Gasteiger charge is -2.12. The van der Waals surface area contributed by atoms with E-state index in [0.717, 1.165) is 58.8 Å². The zero-order valence-corrected chi connectivity index (χ0v) is 17.9. The zero-order valence-electron chi connectivity index (χ0n) is 17.1. The number of pyridine rings is 1. The Morgan fingerprint density at radius 2 is 1.97 bits per heavy atom. The molecule has 0 saturated carbocycles. The van der Waals surface area contributed by atoms with Gasteiger partial charge in [0.2, 0.25) is 0 Å². The van der Waals surface area contributed by atoms with Crippen LogP contribution in [0.15, 0.2) is 53.7 Å². The fraction of sp³-hybridized carbons (Fsp3) is 0.318. The van der Waals surface area contributed by atoms with Gasteiger partial charge in [0.1, 0.15) is 0 Å². The van der Waals surface area contributed by atoms with E-state index in [1.54, 1.807) is 0 Å². The molecule has 152 valence electrons. The number of hydrogen-bond acceptors (Lipinski definition) is 3. The minimum absolute atomic E-state index is 0.547. The van der Waals surface area contributed by atoms with Crippen LogP contribution in [0.4, 0.5) is 0 Å². The van der Waals surface area contributed by atoms with Crippen LogP contribution >= 0.6 is 11.6 Å². The quantitative estimate of drug-likeness (QED) is 0.458. The van der Waals surface area contributed by atoms with Crippen molar-refractivity contribution < 1.29 is 0 Å². The molecule has 0 radical (unpaired) electrons. The lowest BCUT2D eigenvalue weighted by molar-refractivity contribution is 0.794. The molecule has 0 aliphatic heterocycles. The van der Waals surface area contributed by atoms with Crippen molar-refractivity contribution in [2.45, 2.75) is 33.7 Å². The summed E-state index contributed by atoms with van der Waals surface area (Å²) in [7, 11) is 0. The Balaban J connectivity index is 1.59. The van der Waals surface area contributed by atoms with Crippen molar-refractivity contribution in [3.63, 3.8) is 0 Å². The van der Waals surface area contributed by atoms with Gasteiger partial charge in [-0.05, 0) is 56.5 Å². The number of hydrogen-bond donors (Lipinski definition) is 2. The molecule has 7 heteroatoms. The maximum Gasteiger partial charge on any atom is 0.191 e. The van der Waals surface area contributed by atoms with Gasteiger partial charge in [0.15, 0.2) is 11.8 Å². The van der Waals surface area contributed by atoms with Gasteiger partial charge in [0, 0.05) is 30.0 Å². The van der Waals surface area contributed by atoms with E-state index in [2.05, 4.69) is 32.6 Å². The second-order valence-electron chi connectivity index (χ2n) is 6.83. The third-order valence-electron chi connectivity index (χ3n) is 4.44. The molecule has 0 atom stereocenters. The normalized spacial score (nSPS) is 11.5. The predicted molar refractivity (Wildman–Crippen MR) is 119 cm³/mol. The first-order valence-electron chi connectivity index (χ1n) is 9.81. The molecular formula is C22H27ClN6. The number of halogens is 1. The summed E-state index contributed by atoms with van der Waals surface area (Å²) in [6.45, 7) is 8.16. The van der Waals surface area contributed by atoms with Crippen LogP contribution in [0.2, 0.25) is 5.02 Å². The Morgan fingerprint density at radius 1 is 1.14 bits per heavy atom. The van der Waals surface area contributed by atoms with Crippen LogP contribution in [0.3, 0.4) is 0 Å². The molecule has 2 aromatic heterocycles. The molecule has 3 aromatic rings. The monoisotopic (exact) mass is 410 g/mol. The van der Waals surface area contributed by atoms with Crippen LogP contribution in [-0.2, 0) is 13.0 Å². The van der Waals surface area contributed by atoms with Crippen LogP contribution in [-0.4, -0.2) is 33.8 Å². The van der Waals surface area contributed by atoms with E-state index in [1.807, 2.05) is 67.2 Å². The highest BCUT2D eigenvalue weighted by atomic mass is 35.5. The number of benzene rings is 1. The van der Waals surface area contributed by atoms with Gasteiger partial charge >= 0.3 is 0 Å². The molecule has 0 fully saturated rings. The lowest BCUT2D eigenvalue weighted by Crippen LogP contribution is -2.38. The number of aliphatic imine (C=N–C) groups is 1. The average molecular weight is 411 g/mol. The molecule has 0 aliphatic rings. The molecule has 1 aromatic carbocycles. The van der Waals surface area contributed by atoms with Crippen LogP contribution in [0.5, 0.6) is 0 Å². The topological polar surface area (TPSA) is 67.1 Å². The minimum atomic E-state index is 0.547. The first-order valence-corrected chi connectivity index (χ1v) is 10.2. The first-order chi connectivity index (χ1) is 14.1. The second-order valence-corrected chi connectivity index (χ2v) is 7.23. The summed E-state index contributed by atoms with van der Waals surface area (Å²) >= 11 is 6.22. The van der Waals surface area contributed by atoms with Gasteiger partial charge in [-0.1, -0.05) is 35.9 Å². The summed E-state index contributed by atoms with van der Waals surface area (Å²) in [6.07, 6.45) is 2.69. The SMILES string of the molecule is CCNC(=NCc1ccc(-n2nc(C)cc2C)nc1)NCCc1ccccc1Cl. The van der Waals surface area contributed by atoms with E-state index in [4.69, 9.17) is 11.6 Å². The van der Waals surface area contributed by atoms with Gasteiger partial charge in [0.05, 0.1) is 12.2 Å². The summed E-state index contributed by atoms with van der Waals surface area (Å²) in [4.78, 5) is 9.19. The fourth-order valence-corrected chi connectivity index (χ4v) is 3.26. The van der Waals surface area contributed by atoms with E-state index < -0.39 is 0 Å². The number of aryl methyl sites for hydroxylation is 2. The molecule has 29 heavy (non-hydrogen) atoms. The summed E-state index contributed by atoms with van der Waals surface area (Å²) in [5.74, 6) is 1.59. The molecule has 6 nitrogen and oxygen atoms in total. The van der Waals surface area contributed by atoms with Gasteiger partial charge in [-0.15, -0.1) is 0 Å². The third kappa shape index (κ3) is 5.81. The van der Waals surface area contributed by atoms with Crippen molar-refractivity contribution in [2.24, 2.45) is 4.99 Å².